The standard InChI is InChI=1S/C27H36N4O2/c1-17(2)31-15-21-13-27(21,16-31)20-6-4-18(5-7-20)19-12-23(24(28)29-14-19)25(32)30-22-8-10-26(3,33)11-9-22/h4-7,12,14,17,21-22,33H,8-11,13,15-16H2,1-3H3,(H2,28,29)(H,30,32)/t21-,22-,26-,27+/m1/s1. The van der Waals surface area contributed by atoms with Gasteiger partial charge in [-0.1, -0.05) is 24.3 Å². The highest BCUT2D eigenvalue weighted by molar-refractivity contribution is 5.99. The number of nitrogens with two attached hydrogens (primary N) is 1. The van der Waals surface area contributed by atoms with E-state index in [0.717, 1.165) is 36.4 Å². The van der Waals surface area contributed by atoms with Crippen LogP contribution in [0.3, 0.4) is 0 Å². The number of carbonyl (C=O) groups excluding carboxylic acids is 1. The second kappa shape index (κ2) is 8.10. The molecule has 0 spiro atoms. The summed E-state index contributed by atoms with van der Waals surface area (Å²) < 4.78 is 0. The number of pyridine rings is 1. The van der Waals surface area contributed by atoms with Crippen molar-refractivity contribution in [1.29, 1.82) is 0 Å². The zero-order valence-electron chi connectivity index (χ0n) is 20.0. The molecular weight excluding hydrogens is 412 g/mol. The van der Waals surface area contributed by atoms with E-state index in [1.165, 1.54) is 18.5 Å². The molecule has 2 atom stereocenters. The lowest BCUT2D eigenvalue weighted by atomic mass is 9.83. The number of nitrogens with zero attached hydrogens (tertiary/aromatic N) is 2. The van der Waals surface area contributed by atoms with Gasteiger partial charge in [-0.2, -0.15) is 0 Å². The molecule has 3 aliphatic rings. The van der Waals surface area contributed by atoms with Crippen molar-refractivity contribution in [3.8, 4) is 11.1 Å². The third kappa shape index (κ3) is 4.26. The molecule has 6 heteroatoms. The monoisotopic (exact) mass is 448 g/mol. The third-order valence-corrected chi connectivity index (χ3v) is 8.26. The zero-order valence-corrected chi connectivity index (χ0v) is 20.0. The molecule has 5 rings (SSSR count). The molecule has 6 nitrogen and oxygen atoms in total. The van der Waals surface area contributed by atoms with Crippen LogP contribution in [0.2, 0.25) is 0 Å². The van der Waals surface area contributed by atoms with Crippen molar-refractivity contribution in [3.63, 3.8) is 0 Å². The second-order valence-electron chi connectivity index (χ2n) is 11.1. The van der Waals surface area contributed by atoms with E-state index in [1.807, 2.05) is 13.0 Å². The number of nitrogen functional groups attached to an aromatic ring is 1. The van der Waals surface area contributed by atoms with Crippen LogP contribution in [-0.2, 0) is 5.41 Å². The molecule has 2 aromatic rings. The van der Waals surface area contributed by atoms with Crippen LogP contribution in [0.25, 0.3) is 11.1 Å². The van der Waals surface area contributed by atoms with Gasteiger partial charge in [-0.3, -0.25) is 9.69 Å². The van der Waals surface area contributed by atoms with E-state index in [9.17, 15) is 9.90 Å². The third-order valence-electron chi connectivity index (χ3n) is 8.26. The van der Waals surface area contributed by atoms with Crippen LogP contribution >= 0.6 is 0 Å². The topological polar surface area (TPSA) is 91.5 Å². The van der Waals surface area contributed by atoms with E-state index in [2.05, 4.69) is 53.3 Å². The highest BCUT2D eigenvalue weighted by Gasteiger charge is 2.60. The van der Waals surface area contributed by atoms with Crippen molar-refractivity contribution < 1.29 is 9.90 Å². The maximum absolute atomic E-state index is 12.9. The largest absolute Gasteiger partial charge is 0.390 e. The Balaban J connectivity index is 1.30. The summed E-state index contributed by atoms with van der Waals surface area (Å²) in [4.78, 5) is 19.8. The first-order valence-corrected chi connectivity index (χ1v) is 12.3. The van der Waals surface area contributed by atoms with E-state index >= 15 is 0 Å². The summed E-state index contributed by atoms with van der Waals surface area (Å²) in [6.45, 7) is 8.78. The average Bonchev–Trinajstić information content (AvgIpc) is 3.36. The smallest absolute Gasteiger partial charge is 0.255 e. The van der Waals surface area contributed by atoms with Gasteiger partial charge in [0.2, 0.25) is 0 Å². The molecule has 0 unspecified atom stereocenters. The van der Waals surface area contributed by atoms with Crippen molar-refractivity contribution in [2.45, 2.75) is 76.0 Å². The van der Waals surface area contributed by atoms with Gasteiger partial charge in [0.25, 0.3) is 5.91 Å². The van der Waals surface area contributed by atoms with E-state index in [1.54, 1.807) is 6.20 Å². The lowest BCUT2D eigenvalue weighted by Gasteiger charge is -2.33. The number of hydrogen-bond donors (Lipinski definition) is 3. The van der Waals surface area contributed by atoms with Crippen molar-refractivity contribution >= 4 is 11.7 Å². The fourth-order valence-corrected chi connectivity index (χ4v) is 5.82. The van der Waals surface area contributed by atoms with Crippen LogP contribution in [-0.4, -0.2) is 51.7 Å². The Bertz CT molecular complexity index is 1040. The molecule has 2 aliphatic carbocycles. The van der Waals surface area contributed by atoms with Crippen LogP contribution in [0.15, 0.2) is 36.5 Å². The summed E-state index contributed by atoms with van der Waals surface area (Å²) >= 11 is 0. The Labute approximate surface area is 196 Å². The predicted molar refractivity (Wildman–Crippen MR) is 131 cm³/mol. The summed E-state index contributed by atoms with van der Waals surface area (Å²) in [5.41, 5.74) is 9.55. The summed E-state index contributed by atoms with van der Waals surface area (Å²) in [5, 5.41) is 13.2. The minimum absolute atomic E-state index is 0.0580. The molecule has 3 fully saturated rings. The fourth-order valence-electron chi connectivity index (χ4n) is 5.82. The number of nitrogens with one attached hydrogen (secondary N) is 1. The number of aromatic nitrogens is 1. The highest BCUT2D eigenvalue weighted by atomic mass is 16.3. The van der Waals surface area contributed by atoms with Gasteiger partial charge in [0.1, 0.15) is 5.82 Å². The molecule has 0 radical (unpaired) electrons. The molecule has 1 aromatic heterocycles. The summed E-state index contributed by atoms with van der Waals surface area (Å²) in [6.07, 6.45) is 5.95. The quantitative estimate of drug-likeness (QED) is 0.648. The number of likely N-dealkylation sites (tertiary alicyclic amines) is 1. The molecule has 176 valence electrons. The number of aliphatic hydroxyl groups is 1. The van der Waals surface area contributed by atoms with Gasteiger partial charge in [-0.05, 0) is 76.0 Å². The van der Waals surface area contributed by atoms with Crippen LogP contribution < -0.4 is 11.1 Å². The number of piperidine rings is 1. The Kier molecular flexibility index (Phi) is 5.49. The van der Waals surface area contributed by atoms with E-state index in [4.69, 9.17) is 5.73 Å². The number of benzene rings is 1. The summed E-state index contributed by atoms with van der Waals surface area (Å²) in [7, 11) is 0. The molecule has 1 aromatic carbocycles. The van der Waals surface area contributed by atoms with Gasteiger partial charge in [-0.25, -0.2) is 4.98 Å². The number of anilines is 1. The molecule has 1 aliphatic heterocycles. The van der Waals surface area contributed by atoms with Gasteiger partial charge in [-0.15, -0.1) is 0 Å². The highest BCUT2D eigenvalue weighted by Crippen LogP contribution is 2.59. The van der Waals surface area contributed by atoms with Crippen molar-refractivity contribution in [1.82, 2.24) is 15.2 Å². The number of rotatable bonds is 5. The van der Waals surface area contributed by atoms with E-state index in [0.29, 0.717) is 29.9 Å². The van der Waals surface area contributed by atoms with Crippen molar-refractivity contribution in [3.05, 3.63) is 47.7 Å². The molecule has 33 heavy (non-hydrogen) atoms. The molecule has 1 amide bonds. The average molecular weight is 449 g/mol. The zero-order chi connectivity index (χ0) is 23.4. The van der Waals surface area contributed by atoms with Crippen LogP contribution in [0.1, 0.15) is 68.8 Å². The molecule has 2 saturated carbocycles. The summed E-state index contributed by atoms with van der Waals surface area (Å²) in [6, 6.07) is 11.3. The lowest BCUT2D eigenvalue weighted by molar-refractivity contribution is 0.0140. The van der Waals surface area contributed by atoms with Gasteiger partial charge in [0.05, 0.1) is 11.2 Å². The van der Waals surface area contributed by atoms with Gasteiger partial charge >= 0.3 is 0 Å². The van der Waals surface area contributed by atoms with Crippen molar-refractivity contribution in [2.24, 2.45) is 5.92 Å². The normalized spacial score (nSPS) is 31.4. The SMILES string of the molecule is CC(C)N1C[C@H]2C[C@@]2(c2ccc(-c3cnc(N)c(C(=O)N[C@H]4CC[C@](C)(O)CC4)c3)cc2)C1. The Morgan fingerprint density at radius 2 is 1.91 bits per heavy atom. The van der Waals surface area contributed by atoms with Gasteiger partial charge in [0.15, 0.2) is 0 Å². The fraction of sp³-hybridized carbons (Fsp3) is 0.556. The van der Waals surface area contributed by atoms with Crippen LogP contribution in [0.4, 0.5) is 5.82 Å². The van der Waals surface area contributed by atoms with Crippen LogP contribution in [0, 0.1) is 5.92 Å². The Morgan fingerprint density at radius 1 is 1.21 bits per heavy atom. The number of amides is 1. The van der Waals surface area contributed by atoms with E-state index < -0.39 is 5.60 Å². The van der Waals surface area contributed by atoms with E-state index in [-0.39, 0.29) is 17.8 Å². The maximum Gasteiger partial charge on any atom is 0.255 e. The molecule has 2 heterocycles. The minimum atomic E-state index is -0.625. The maximum atomic E-state index is 12.9. The number of fused-ring (bicyclic) bond motifs is 1. The number of carbonyl (C=O) groups is 1. The van der Waals surface area contributed by atoms with Gasteiger partial charge < -0.3 is 16.2 Å². The first kappa shape index (κ1) is 22.4. The second-order valence-corrected chi connectivity index (χ2v) is 11.1. The first-order chi connectivity index (χ1) is 15.7. The minimum Gasteiger partial charge on any atom is -0.390 e. The Hall–Kier alpha value is -2.44. The Morgan fingerprint density at radius 3 is 2.55 bits per heavy atom. The predicted octanol–water partition coefficient (Wildman–Crippen LogP) is 3.74. The van der Waals surface area contributed by atoms with Crippen LogP contribution in [0.5, 0.6) is 0 Å². The molecule has 1 saturated heterocycles. The lowest BCUT2D eigenvalue weighted by Crippen LogP contribution is -2.42. The van der Waals surface area contributed by atoms with Crippen molar-refractivity contribution in [2.75, 3.05) is 18.8 Å². The molecule has 0 bridgehead atoms. The summed E-state index contributed by atoms with van der Waals surface area (Å²) in [5.74, 6) is 0.835. The molecule has 4 N–H and O–H groups in total. The molecular formula is C27H36N4O2. The first-order valence-electron chi connectivity index (χ1n) is 12.3. The van der Waals surface area contributed by atoms with Gasteiger partial charge in [0, 0.05) is 42.3 Å². The number of hydrogen-bond acceptors (Lipinski definition) is 5.